The van der Waals surface area contributed by atoms with E-state index >= 15 is 0 Å². The largest absolute Gasteiger partial charge is 0.483 e. The third-order valence-electron chi connectivity index (χ3n) is 5.36. The van der Waals surface area contributed by atoms with E-state index in [1.54, 1.807) is 4.90 Å². The number of hydrogen-bond donors (Lipinski definition) is 1. The van der Waals surface area contributed by atoms with E-state index in [9.17, 15) is 9.59 Å². The molecule has 1 N–H and O–H groups in total. The van der Waals surface area contributed by atoms with Gasteiger partial charge in [-0.1, -0.05) is 48.5 Å². The Labute approximate surface area is 165 Å². The van der Waals surface area contributed by atoms with Crippen LogP contribution in [0.25, 0.3) is 0 Å². The number of carbonyl (C=O) groups is 2. The zero-order chi connectivity index (χ0) is 19.3. The number of benzene rings is 2. The molecule has 1 aliphatic carbocycles. The summed E-state index contributed by atoms with van der Waals surface area (Å²) in [5, 5.41) is 3.02. The second-order valence-corrected chi connectivity index (χ2v) is 7.59. The zero-order valence-electron chi connectivity index (χ0n) is 16.0. The van der Waals surface area contributed by atoms with Crippen LogP contribution in [0.5, 0.6) is 5.75 Å². The van der Waals surface area contributed by atoms with Gasteiger partial charge in [-0.25, -0.2) is 0 Å². The zero-order valence-corrected chi connectivity index (χ0v) is 16.0. The van der Waals surface area contributed by atoms with Crippen LogP contribution in [0.4, 0.5) is 0 Å². The highest BCUT2D eigenvalue weighted by atomic mass is 16.5. The Morgan fingerprint density at radius 1 is 1.00 bits per heavy atom. The average Bonchev–Trinajstić information content (AvgIpc) is 3.39. The lowest BCUT2D eigenvalue weighted by Gasteiger charge is -2.24. The molecule has 0 aromatic heterocycles. The van der Waals surface area contributed by atoms with E-state index in [1.807, 2.05) is 42.5 Å². The van der Waals surface area contributed by atoms with Crippen molar-refractivity contribution < 1.29 is 14.3 Å². The van der Waals surface area contributed by atoms with Crippen LogP contribution >= 0.6 is 0 Å². The minimum absolute atomic E-state index is 0.0159. The number of likely N-dealkylation sites (tertiary alicyclic amines) is 1. The summed E-state index contributed by atoms with van der Waals surface area (Å²) < 4.78 is 5.88. The molecule has 5 nitrogen and oxygen atoms in total. The summed E-state index contributed by atoms with van der Waals surface area (Å²) in [7, 11) is 0. The summed E-state index contributed by atoms with van der Waals surface area (Å²) >= 11 is 0. The number of carbonyl (C=O) groups excluding carboxylic acids is 2. The molecule has 1 aliphatic heterocycles. The van der Waals surface area contributed by atoms with E-state index < -0.39 is 0 Å². The Bertz CT molecular complexity index is 833. The van der Waals surface area contributed by atoms with Crippen molar-refractivity contribution in [1.82, 2.24) is 10.2 Å². The van der Waals surface area contributed by atoms with Crippen LogP contribution in [0.3, 0.4) is 0 Å². The van der Waals surface area contributed by atoms with Gasteiger partial charge in [0, 0.05) is 19.0 Å². The molecule has 1 unspecified atom stereocenters. The van der Waals surface area contributed by atoms with Gasteiger partial charge in [-0.3, -0.25) is 9.59 Å². The highest BCUT2D eigenvalue weighted by Gasteiger charge is 2.36. The maximum absolute atomic E-state index is 12.7. The van der Waals surface area contributed by atoms with Crippen molar-refractivity contribution in [2.75, 3.05) is 13.2 Å². The summed E-state index contributed by atoms with van der Waals surface area (Å²) in [6, 6.07) is 18.0. The van der Waals surface area contributed by atoms with Crippen LogP contribution in [0.1, 0.15) is 36.8 Å². The molecule has 0 bridgehead atoms. The van der Waals surface area contributed by atoms with Gasteiger partial charge < -0.3 is 15.0 Å². The predicted molar refractivity (Wildman–Crippen MR) is 107 cm³/mol. The SMILES string of the molecule is O=C(NC1CC1)C1CCCN1C(=O)COc1ccccc1Cc1ccccc1. The Balaban J connectivity index is 1.37. The molecule has 1 atom stereocenters. The second kappa shape index (κ2) is 8.46. The topological polar surface area (TPSA) is 58.6 Å². The summed E-state index contributed by atoms with van der Waals surface area (Å²) in [6.07, 6.45) is 4.44. The van der Waals surface area contributed by atoms with E-state index in [0.29, 0.717) is 12.6 Å². The lowest BCUT2D eigenvalue weighted by molar-refractivity contribution is -0.140. The van der Waals surface area contributed by atoms with Crippen LogP contribution < -0.4 is 10.1 Å². The standard InChI is InChI=1S/C23H26N2O3/c26-22(25-14-6-10-20(25)23(27)24-19-12-13-19)16-28-21-11-5-4-9-18(21)15-17-7-2-1-3-8-17/h1-5,7-9,11,19-20H,6,10,12-16H2,(H,24,27). The minimum Gasteiger partial charge on any atom is -0.483 e. The van der Waals surface area contributed by atoms with Gasteiger partial charge in [0.2, 0.25) is 5.91 Å². The number of para-hydroxylation sites is 1. The maximum atomic E-state index is 12.7. The van der Waals surface area contributed by atoms with Crippen LogP contribution in [0.15, 0.2) is 54.6 Å². The summed E-state index contributed by atoms with van der Waals surface area (Å²) in [5.41, 5.74) is 2.24. The number of hydrogen-bond acceptors (Lipinski definition) is 3. The first-order valence-electron chi connectivity index (χ1n) is 10.0. The van der Waals surface area contributed by atoms with Gasteiger partial charge in [0.1, 0.15) is 11.8 Å². The molecule has 2 amide bonds. The fraction of sp³-hybridized carbons (Fsp3) is 0.391. The van der Waals surface area contributed by atoms with Crippen molar-refractivity contribution in [2.24, 2.45) is 0 Å². The third-order valence-corrected chi connectivity index (χ3v) is 5.36. The van der Waals surface area contributed by atoms with Crippen LogP contribution in [-0.2, 0) is 16.0 Å². The number of ether oxygens (including phenoxy) is 1. The molecule has 1 saturated carbocycles. The quantitative estimate of drug-likeness (QED) is 0.806. The smallest absolute Gasteiger partial charge is 0.261 e. The Morgan fingerprint density at radius 3 is 2.54 bits per heavy atom. The lowest BCUT2D eigenvalue weighted by Crippen LogP contribution is -2.47. The molecule has 28 heavy (non-hydrogen) atoms. The molecule has 1 heterocycles. The van der Waals surface area contributed by atoms with E-state index in [1.165, 1.54) is 5.56 Å². The van der Waals surface area contributed by atoms with E-state index in [0.717, 1.165) is 43.4 Å². The van der Waals surface area contributed by atoms with E-state index in [4.69, 9.17) is 4.74 Å². The van der Waals surface area contributed by atoms with Crippen molar-refractivity contribution in [3.8, 4) is 5.75 Å². The first-order chi connectivity index (χ1) is 13.7. The minimum atomic E-state index is -0.351. The number of rotatable bonds is 7. The van der Waals surface area contributed by atoms with Gasteiger partial charge in [-0.2, -0.15) is 0 Å². The molecular formula is C23H26N2O3. The monoisotopic (exact) mass is 378 g/mol. The van der Waals surface area contributed by atoms with Gasteiger partial charge in [-0.15, -0.1) is 0 Å². The Hall–Kier alpha value is -2.82. The molecule has 5 heteroatoms. The Kier molecular flexibility index (Phi) is 5.60. The summed E-state index contributed by atoms with van der Waals surface area (Å²) in [4.78, 5) is 26.8. The summed E-state index contributed by atoms with van der Waals surface area (Å²) in [5.74, 6) is 0.582. The van der Waals surface area contributed by atoms with Gasteiger partial charge in [0.05, 0.1) is 0 Å². The molecule has 0 radical (unpaired) electrons. The third kappa shape index (κ3) is 4.53. The van der Waals surface area contributed by atoms with E-state index in [2.05, 4.69) is 17.4 Å². The number of amides is 2. The first kappa shape index (κ1) is 18.5. The molecule has 2 aromatic carbocycles. The van der Waals surface area contributed by atoms with Crippen molar-refractivity contribution in [2.45, 2.75) is 44.2 Å². The fourth-order valence-corrected chi connectivity index (χ4v) is 3.69. The van der Waals surface area contributed by atoms with Gasteiger partial charge in [0.15, 0.2) is 6.61 Å². The Morgan fingerprint density at radius 2 is 1.75 bits per heavy atom. The molecule has 2 aromatic rings. The lowest BCUT2D eigenvalue weighted by atomic mass is 10.0. The number of nitrogens with zero attached hydrogens (tertiary/aromatic N) is 1. The molecule has 0 spiro atoms. The average molecular weight is 378 g/mol. The van der Waals surface area contributed by atoms with Crippen molar-refractivity contribution in [3.63, 3.8) is 0 Å². The second-order valence-electron chi connectivity index (χ2n) is 7.59. The van der Waals surface area contributed by atoms with Gasteiger partial charge in [-0.05, 0) is 42.9 Å². The van der Waals surface area contributed by atoms with Crippen molar-refractivity contribution in [1.29, 1.82) is 0 Å². The highest BCUT2D eigenvalue weighted by Crippen LogP contribution is 2.24. The predicted octanol–water partition coefficient (Wildman–Crippen LogP) is 2.93. The molecule has 2 fully saturated rings. The number of nitrogens with one attached hydrogen (secondary N) is 1. The van der Waals surface area contributed by atoms with Crippen molar-refractivity contribution >= 4 is 11.8 Å². The first-order valence-corrected chi connectivity index (χ1v) is 10.0. The normalized spacial score (nSPS) is 18.7. The molecule has 4 rings (SSSR count). The van der Waals surface area contributed by atoms with Crippen LogP contribution in [0.2, 0.25) is 0 Å². The fourth-order valence-electron chi connectivity index (χ4n) is 3.69. The van der Waals surface area contributed by atoms with Crippen LogP contribution in [0, 0.1) is 0 Å². The van der Waals surface area contributed by atoms with Gasteiger partial charge in [0.25, 0.3) is 5.91 Å². The molecule has 146 valence electrons. The van der Waals surface area contributed by atoms with E-state index in [-0.39, 0.29) is 24.5 Å². The van der Waals surface area contributed by atoms with Crippen LogP contribution in [-0.4, -0.2) is 41.9 Å². The molecule has 2 aliphatic rings. The van der Waals surface area contributed by atoms with Crippen molar-refractivity contribution in [3.05, 3.63) is 65.7 Å². The highest BCUT2D eigenvalue weighted by molar-refractivity contribution is 5.89. The summed E-state index contributed by atoms with van der Waals surface area (Å²) in [6.45, 7) is 0.579. The molecular weight excluding hydrogens is 352 g/mol. The molecule has 1 saturated heterocycles. The maximum Gasteiger partial charge on any atom is 0.261 e. The van der Waals surface area contributed by atoms with Gasteiger partial charge >= 0.3 is 0 Å².